The van der Waals surface area contributed by atoms with E-state index in [1.807, 2.05) is 0 Å². The van der Waals surface area contributed by atoms with Gasteiger partial charge in [0.2, 0.25) is 5.91 Å². The highest BCUT2D eigenvalue weighted by Gasteiger charge is 2.57. The molecule has 2 saturated carbocycles. The van der Waals surface area contributed by atoms with Crippen molar-refractivity contribution in [2.75, 3.05) is 16.8 Å². The predicted octanol–water partition coefficient (Wildman–Crippen LogP) is 5.03. The second-order valence-corrected chi connectivity index (χ2v) is 10.1. The summed E-state index contributed by atoms with van der Waals surface area (Å²) in [4.78, 5) is 12.6. The van der Waals surface area contributed by atoms with Crippen LogP contribution in [0.25, 0.3) is 0 Å². The molecule has 1 unspecified atom stereocenters. The highest BCUT2D eigenvalue weighted by Crippen LogP contribution is 2.65. The number of hydrogen-bond acceptors (Lipinski definition) is 3. The highest BCUT2D eigenvalue weighted by molar-refractivity contribution is 8.21. The molecule has 0 radical (unpaired) electrons. The lowest BCUT2D eigenvalue weighted by Crippen LogP contribution is -2.41. The van der Waals surface area contributed by atoms with Gasteiger partial charge in [0.1, 0.15) is 5.82 Å². The van der Waals surface area contributed by atoms with Crippen LogP contribution in [0.15, 0.2) is 18.2 Å². The number of amides is 1. The topological polar surface area (TPSA) is 29.1 Å². The van der Waals surface area contributed by atoms with E-state index in [0.717, 1.165) is 12.8 Å². The molecular weight excluding hydrogens is 353 g/mol. The zero-order valence-electron chi connectivity index (χ0n) is 12.7. The van der Waals surface area contributed by atoms with Crippen molar-refractivity contribution in [1.82, 2.24) is 0 Å². The predicted molar refractivity (Wildman–Crippen MR) is 96.6 cm³/mol. The average Bonchev–Trinajstić information content (AvgIpc) is 3.06. The SMILES string of the molecule is O=C(Nc1ccc(F)c(Cl)c1)C1C[C@H]2CC[C@@H](C1)C21SCCS1. The Hall–Kier alpha value is -0.390. The number of halogens is 2. The van der Waals surface area contributed by atoms with Crippen LogP contribution in [-0.4, -0.2) is 21.5 Å². The number of benzene rings is 1. The van der Waals surface area contributed by atoms with E-state index < -0.39 is 5.82 Å². The smallest absolute Gasteiger partial charge is 0.227 e. The van der Waals surface area contributed by atoms with E-state index >= 15 is 0 Å². The van der Waals surface area contributed by atoms with Crippen molar-refractivity contribution in [2.24, 2.45) is 17.8 Å². The standard InChI is InChI=1S/C17H19ClFNOS2/c18-14-9-13(3-4-15(14)19)20-16(21)10-7-11-1-2-12(8-10)17(11)22-5-6-23-17/h3-4,9-12H,1-2,5-8H2,(H,20,21)/t10?,11-,12+. The summed E-state index contributed by atoms with van der Waals surface area (Å²) in [7, 11) is 0. The molecule has 3 aliphatic rings. The number of hydrogen-bond donors (Lipinski definition) is 1. The van der Waals surface area contributed by atoms with Gasteiger partial charge >= 0.3 is 0 Å². The first-order chi connectivity index (χ1) is 11.1. The molecule has 2 nitrogen and oxygen atoms in total. The molecule has 2 bridgehead atoms. The van der Waals surface area contributed by atoms with E-state index in [1.54, 1.807) is 6.07 Å². The third-order valence-electron chi connectivity index (χ3n) is 5.44. The largest absolute Gasteiger partial charge is 0.326 e. The van der Waals surface area contributed by atoms with E-state index in [4.69, 9.17) is 11.6 Å². The van der Waals surface area contributed by atoms with Crippen LogP contribution < -0.4 is 5.32 Å². The molecule has 6 heteroatoms. The lowest BCUT2D eigenvalue weighted by atomic mass is 9.79. The molecule has 3 atom stereocenters. The van der Waals surface area contributed by atoms with E-state index in [0.29, 0.717) is 21.6 Å². The number of rotatable bonds is 2. The van der Waals surface area contributed by atoms with Crippen molar-refractivity contribution in [2.45, 2.75) is 29.8 Å². The summed E-state index contributed by atoms with van der Waals surface area (Å²) >= 11 is 10.1. The molecule has 4 rings (SSSR count). The fourth-order valence-corrected chi connectivity index (χ4v) is 8.55. The van der Waals surface area contributed by atoms with Crippen LogP contribution in [0.3, 0.4) is 0 Å². The molecule has 1 amide bonds. The van der Waals surface area contributed by atoms with Crippen molar-refractivity contribution in [1.29, 1.82) is 0 Å². The zero-order chi connectivity index (χ0) is 16.0. The first-order valence-electron chi connectivity index (χ1n) is 8.12. The van der Waals surface area contributed by atoms with E-state index in [-0.39, 0.29) is 16.8 Å². The summed E-state index contributed by atoms with van der Waals surface area (Å²) in [5.41, 5.74) is 0.582. The third-order valence-corrected chi connectivity index (χ3v) is 9.74. The molecule has 1 aromatic carbocycles. The maximum Gasteiger partial charge on any atom is 0.227 e. The van der Waals surface area contributed by atoms with Gasteiger partial charge in [-0.1, -0.05) is 11.6 Å². The van der Waals surface area contributed by atoms with Crippen molar-refractivity contribution in [3.63, 3.8) is 0 Å². The molecular formula is C17H19ClFNOS2. The van der Waals surface area contributed by atoms with Crippen LogP contribution in [0.2, 0.25) is 5.02 Å². The minimum absolute atomic E-state index is 0.0456. The Balaban J connectivity index is 1.45. The monoisotopic (exact) mass is 371 g/mol. The van der Waals surface area contributed by atoms with Gasteiger partial charge in [0.15, 0.2) is 0 Å². The molecule has 1 aromatic rings. The van der Waals surface area contributed by atoms with Crippen LogP contribution in [0.4, 0.5) is 10.1 Å². The highest BCUT2D eigenvalue weighted by atomic mass is 35.5. The normalized spacial score (nSPS) is 31.5. The Morgan fingerprint density at radius 1 is 1.22 bits per heavy atom. The molecule has 1 heterocycles. The van der Waals surface area contributed by atoms with Crippen LogP contribution in [0.1, 0.15) is 25.7 Å². The molecule has 124 valence electrons. The summed E-state index contributed by atoms with van der Waals surface area (Å²) in [6, 6.07) is 4.35. The van der Waals surface area contributed by atoms with Gasteiger partial charge in [0, 0.05) is 23.1 Å². The van der Waals surface area contributed by atoms with Gasteiger partial charge in [-0.3, -0.25) is 4.79 Å². The molecule has 3 fully saturated rings. The van der Waals surface area contributed by atoms with Crippen LogP contribution in [0.5, 0.6) is 0 Å². The van der Waals surface area contributed by atoms with Crippen molar-refractivity contribution in [3.8, 4) is 0 Å². The summed E-state index contributed by atoms with van der Waals surface area (Å²) in [6.07, 6.45) is 4.49. The lowest BCUT2D eigenvalue weighted by Gasteiger charge is -2.42. The summed E-state index contributed by atoms with van der Waals surface area (Å²) in [6.45, 7) is 0. The Morgan fingerprint density at radius 2 is 1.87 bits per heavy atom. The fourth-order valence-electron chi connectivity index (χ4n) is 4.43. The van der Waals surface area contributed by atoms with E-state index in [9.17, 15) is 9.18 Å². The quantitative estimate of drug-likeness (QED) is 0.790. The van der Waals surface area contributed by atoms with E-state index in [2.05, 4.69) is 28.8 Å². The number of carbonyl (C=O) groups is 1. The molecule has 1 spiro atoms. The second-order valence-electron chi connectivity index (χ2n) is 6.68. The van der Waals surface area contributed by atoms with Gasteiger partial charge in [0.05, 0.1) is 9.10 Å². The maximum absolute atomic E-state index is 13.2. The second kappa shape index (κ2) is 6.16. The summed E-state index contributed by atoms with van der Waals surface area (Å²) in [5, 5.41) is 2.97. The van der Waals surface area contributed by atoms with Gasteiger partial charge < -0.3 is 5.32 Å². The Bertz CT molecular complexity index is 619. The number of anilines is 1. The number of nitrogens with one attached hydrogen (secondary N) is 1. The molecule has 0 aromatic heterocycles. The first kappa shape index (κ1) is 16.1. The third kappa shape index (κ3) is 2.79. The minimum Gasteiger partial charge on any atom is -0.326 e. The first-order valence-corrected chi connectivity index (χ1v) is 10.5. The minimum atomic E-state index is -0.461. The van der Waals surface area contributed by atoms with E-state index in [1.165, 1.54) is 36.5 Å². The van der Waals surface area contributed by atoms with Crippen molar-refractivity contribution in [3.05, 3.63) is 29.0 Å². The fraction of sp³-hybridized carbons (Fsp3) is 0.588. The molecule has 1 N–H and O–H groups in total. The van der Waals surface area contributed by atoms with Gasteiger partial charge in [0.25, 0.3) is 0 Å². The van der Waals surface area contributed by atoms with Gasteiger partial charge in [-0.05, 0) is 55.7 Å². The van der Waals surface area contributed by atoms with Crippen LogP contribution in [-0.2, 0) is 4.79 Å². The summed E-state index contributed by atoms with van der Waals surface area (Å²) in [5.74, 6) is 3.50. The zero-order valence-corrected chi connectivity index (χ0v) is 15.1. The lowest BCUT2D eigenvalue weighted by molar-refractivity contribution is -0.121. The average molecular weight is 372 g/mol. The Morgan fingerprint density at radius 3 is 2.48 bits per heavy atom. The molecule has 1 aliphatic heterocycles. The van der Waals surface area contributed by atoms with Crippen LogP contribution in [0, 0.1) is 23.6 Å². The van der Waals surface area contributed by atoms with Crippen molar-refractivity contribution >= 4 is 46.7 Å². The Labute approximate surface area is 149 Å². The van der Waals surface area contributed by atoms with Crippen molar-refractivity contribution < 1.29 is 9.18 Å². The van der Waals surface area contributed by atoms with Gasteiger partial charge in [-0.25, -0.2) is 4.39 Å². The van der Waals surface area contributed by atoms with Gasteiger partial charge in [-0.15, -0.1) is 23.5 Å². The maximum atomic E-state index is 13.2. The molecule has 23 heavy (non-hydrogen) atoms. The van der Waals surface area contributed by atoms with Gasteiger partial charge in [-0.2, -0.15) is 0 Å². The molecule has 1 saturated heterocycles. The Kier molecular flexibility index (Phi) is 4.31. The number of thioether (sulfide) groups is 2. The molecule has 2 aliphatic carbocycles. The number of carbonyl (C=O) groups excluding carboxylic acids is 1. The summed E-state index contributed by atoms with van der Waals surface area (Å²) < 4.78 is 13.6. The van der Waals surface area contributed by atoms with Crippen LogP contribution >= 0.6 is 35.1 Å².